The second-order valence-electron chi connectivity index (χ2n) is 4.44. The Balaban J connectivity index is 0.00000133. The Morgan fingerprint density at radius 2 is 1.89 bits per heavy atom. The van der Waals surface area contributed by atoms with Gasteiger partial charge in [0.2, 0.25) is 6.10 Å². The van der Waals surface area contributed by atoms with Gasteiger partial charge in [-0.3, -0.25) is 4.79 Å². The molecule has 2 aliphatic rings. The minimum Gasteiger partial charge on any atom is -1.00 e. The number of ether oxygens (including phenoxy) is 2. The van der Waals surface area contributed by atoms with Crippen molar-refractivity contribution < 1.29 is 26.7 Å². The van der Waals surface area contributed by atoms with Crippen LogP contribution in [0.2, 0.25) is 0 Å². The molecule has 1 aromatic carbocycles. The van der Waals surface area contributed by atoms with Crippen LogP contribution in [-0.4, -0.2) is 49.7 Å². The molecule has 1 unspecified atom stereocenters. The molecule has 0 bridgehead atoms. The van der Waals surface area contributed by atoms with Crippen LogP contribution in [0.15, 0.2) is 24.3 Å². The van der Waals surface area contributed by atoms with E-state index in [1.54, 1.807) is 0 Å². The Kier molecular flexibility index (Phi) is 4.50. The number of hydrogen-bond acceptors (Lipinski definition) is 4. The maximum atomic E-state index is 12.3. The predicted octanol–water partition coefficient (Wildman–Crippen LogP) is -2.74. The third-order valence-corrected chi connectivity index (χ3v) is 3.21. The number of hydrogen-bond donors (Lipinski definition) is 1. The van der Waals surface area contributed by atoms with Gasteiger partial charge in [0, 0.05) is 26.2 Å². The number of rotatable bonds is 1. The van der Waals surface area contributed by atoms with Crippen LogP contribution >= 0.6 is 0 Å². The quantitative estimate of drug-likeness (QED) is 0.608. The molecule has 0 radical (unpaired) electrons. The van der Waals surface area contributed by atoms with E-state index in [0.717, 1.165) is 26.2 Å². The fourth-order valence-electron chi connectivity index (χ4n) is 2.23. The average Bonchev–Trinajstić information content (AvgIpc) is 2.47. The van der Waals surface area contributed by atoms with Gasteiger partial charge in [0.25, 0.3) is 5.91 Å². The number of carbonyl (C=O) groups is 1. The van der Waals surface area contributed by atoms with Crippen molar-refractivity contribution in [2.24, 2.45) is 0 Å². The van der Waals surface area contributed by atoms with E-state index in [0.29, 0.717) is 18.1 Å². The maximum absolute atomic E-state index is 12.3. The molecule has 0 aromatic heterocycles. The minimum absolute atomic E-state index is 0. The summed E-state index contributed by atoms with van der Waals surface area (Å²) < 4.78 is 11.3. The van der Waals surface area contributed by atoms with Gasteiger partial charge in [-0.2, -0.15) is 0 Å². The summed E-state index contributed by atoms with van der Waals surface area (Å²) >= 11 is 0. The molecule has 2 aliphatic heterocycles. The topological polar surface area (TPSA) is 50.8 Å². The van der Waals surface area contributed by atoms with E-state index in [1.807, 2.05) is 29.2 Å². The Morgan fingerprint density at radius 3 is 2.63 bits per heavy atom. The van der Waals surface area contributed by atoms with Crippen LogP contribution in [0.3, 0.4) is 0 Å². The molecule has 1 amide bonds. The SMILES string of the molecule is O=C(C1COc2ccccc2O1)N1CCNCC1.[Cl-]. The van der Waals surface area contributed by atoms with Gasteiger partial charge >= 0.3 is 0 Å². The van der Waals surface area contributed by atoms with E-state index in [2.05, 4.69) is 5.32 Å². The normalized spacial score (nSPS) is 21.5. The van der Waals surface area contributed by atoms with Crippen molar-refractivity contribution in [3.63, 3.8) is 0 Å². The monoisotopic (exact) mass is 283 g/mol. The number of carbonyl (C=O) groups excluding carboxylic acids is 1. The van der Waals surface area contributed by atoms with Gasteiger partial charge in [0.1, 0.15) is 6.61 Å². The summed E-state index contributed by atoms with van der Waals surface area (Å²) in [5.41, 5.74) is 0. The molecular weight excluding hydrogens is 268 g/mol. The van der Waals surface area contributed by atoms with Crippen LogP contribution < -0.4 is 27.2 Å². The van der Waals surface area contributed by atoms with Crippen molar-refractivity contribution in [2.75, 3.05) is 32.8 Å². The molecule has 0 spiro atoms. The fourth-order valence-corrected chi connectivity index (χ4v) is 2.23. The largest absolute Gasteiger partial charge is 1.00 e. The van der Waals surface area contributed by atoms with E-state index in [4.69, 9.17) is 9.47 Å². The molecule has 1 saturated heterocycles. The number of piperazine rings is 1. The van der Waals surface area contributed by atoms with E-state index >= 15 is 0 Å². The third kappa shape index (κ3) is 2.93. The first-order valence-corrected chi connectivity index (χ1v) is 6.22. The zero-order valence-corrected chi connectivity index (χ0v) is 11.2. The molecule has 1 N–H and O–H groups in total. The number of benzene rings is 1. The van der Waals surface area contributed by atoms with Gasteiger partial charge in [0.15, 0.2) is 11.5 Å². The highest BCUT2D eigenvalue weighted by molar-refractivity contribution is 5.82. The lowest BCUT2D eigenvalue weighted by atomic mass is 10.2. The highest BCUT2D eigenvalue weighted by atomic mass is 35.5. The standard InChI is InChI=1S/C13H16N2O3.ClH/c16-13(15-7-5-14-6-8-15)12-9-17-10-3-1-2-4-11(10)18-12;/h1-4,12,14H,5-9H2;1H/p-1. The van der Waals surface area contributed by atoms with Gasteiger partial charge in [-0.25, -0.2) is 0 Å². The van der Waals surface area contributed by atoms with Crippen LogP contribution in [0.4, 0.5) is 0 Å². The van der Waals surface area contributed by atoms with Gasteiger partial charge in [-0.05, 0) is 12.1 Å². The lowest BCUT2D eigenvalue weighted by Gasteiger charge is -2.32. The van der Waals surface area contributed by atoms with Crippen LogP contribution in [0.5, 0.6) is 11.5 Å². The number of fused-ring (bicyclic) bond motifs is 1. The van der Waals surface area contributed by atoms with E-state index in [-0.39, 0.29) is 18.3 Å². The van der Waals surface area contributed by atoms with Crippen molar-refractivity contribution >= 4 is 5.91 Å². The van der Waals surface area contributed by atoms with E-state index in [9.17, 15) is 4.79 Å². The van der Waals surface area contributed by atoms with Gasteiger partial charge in [-0.1, -0.05) is 12.1 Å². The van der Waals surface area contributed by atoms with Gasteiger partial charge in [-0.15, -0.1) is 0 Å². The number of amides is 1. The van der Waals surface area contributed by atoms with Gasteiger partial charge in [0.05, 0.1) is 0 Å². The molecule has 0 aliphatic carbocycles. The third-order valence-electron chi connectivity index (χ3n) is 3.21. The molecule has 2 heterocycles. The van der Waals surface area contributed by atoms with Crippen LogP contribution in [-0.2, 0) is 4.79 Å². The first kappa shape index (κ1) is 14.0. The lowest BCUT2D eigenvalue weighted by Crippen LogP contribution is -3.00. The predicted molar refractivity (Wildman–Crippen MR) is 65.8 cm³/mol. The Hall–Kier alpha value is -1.46. The maximum Gasteiger partial charge on any atom is 0.267 e. The van der Waals surface area contributed by atoms with Crippen molar-refractivity contribution in [3.05, 3.63) is 24.3 Å². The van der Waals surface area contributed by atoms with Crippen LogP contribution in [0.1, 0.15) is 0 Å². The summed E-state index contributed by atoms with van der Waals surface area (Å²) in [4.78, 5) is 14.1. The van der Waals surface area contributed by atoms with Crippen LogP contribution in [0, 0.1) is 0 Å². The Bertz CT molecular complexity index is 449. The molecule has 104 valence electrons. The summed E-state index contributed by atoms with van der Waals surface area (Å²) in [5, 5.41) is 3.22. The van der Waals surface area contributed by atoms with Gasteiger partial charge < -0.3 is 32.1 Å². The lowest BCUT2D eigenvalue weighted by molar-refractivity contribution is -0.141. The molecule has 3 rings (SSSR count). The molecule has 1 fully saturated rings. The van der Waals surface area contributed by atoms with Crippen LogP contribution in [0.25, 0.3) is 0 Å². The fraction of sp³-hybridized carbons (Fsp3) is 0.462. The summed E-state index contributed by atoms with van der Waals surface area (Å²) in [5.74, 6) is 1.38. The van der Waals surface area contributed by atoms with Crippen molar-refractivity contribution in [3.8, 4) is 11.5 Å². The molecule has 19 heavy (non-hydrogen) atoms. The van der Waals surface area contributed by atoms with E-state index < -0.39 is 6.10 Å². The molecule has 1 aromatic rings. The average molecular weight is 284 g/mol. The van der Waals surface area contributed by atoms with Crippen molar-refractivity contribution in [1.29, 1.82) is 0 Å². The summed E-state index contributed by atoms with van der Waals surface area (Å²) in [7, 11) is 0. The van der Waals surface area contributed by atoms with Crippen molar-refractivity contribution in [2.45, 2.75) is 6.10 Å². The first-order valence-electron chi connectivity index (χ1n) is 6.22. The number of halogens is 1. The Labute approximate surface area is 118 Å². The summed E-state index contributed by atoms with van der Waals surface area (Å²) in [6.07, 6.45) is -0.516. The highest BCUT2D eigenvalue weighted by Crippen LogP contribution is 2.31. The highest BCUT2D eigenvalue weighted by Gasteiger charge is 2.31. The number of nitrogens with zero attached hydrogens (tertiary/aromatic N) is 1. The molecular formula is C13H16ClN2O3-. The Morgan fingerprint density at radius 1 is 1.21 bits per heavy atom. The zero-order valence-electron chi connectivity index (χ0n) is 10.5. The summed E-state index contributed by atoms with van der Waals surface area (Å²) in [6, 6.07) is 7.44. The molecule has 1 atom stereocenters. The second-order valence-corrected chi connectivity index (χ2v) is 4.44. The molecule has 0 saturated carbocycles. The van der Waals surface area contributed by atoms with E-state index in [1.165, 1.54) is 0 Å². The number of nitrogens with one attached hydrogen (secondary N) is 1. The second kappa shape index (κ2) is 6.12. The molecule has 6 heteroatoms. The van der Waals surface area contributed by atoms with Crippen molar-refractivity contribution in [1.82, 2.24) is 10.2 Å². The smallest absolute Gasteiger partial charge is 0.267 e. The summed E-state index contributed by atoms with van der Waals surface area (Å²) in [6.45, 7) is 3.45. The first-order chi connectivity index (χ1) is 8.84. The minimum atomic E-state index is -0.516. The molecule has 5 nitrogen and oxygen atoms in total. The zero-order chi connectivity index (χ0) is 12.4. The number of para-hydroxylation sites is 2.